The Balaban J connectivity index is 1.32. The minimum atomic E-state index is -0.211. The zero-order valence-electron chi connectivity index (χ0n) is 18.0. The lowest BCUT2D eigenvalue weighted by molar-refractivity contribution is 0.102. The predicted molar refractivity (Wildman–Crippen MR) is 124 cm³/mol. The number of nitrogens with one attached hydrogen (secondary N) is 1. The van der Waals surface area contributed by atoms with Crippen LogP contribution in [0.3, 0.4) is 0 Å². The molecule has 0 radical (unpaired) electrons. The number of hydrogen-bond donors (Lipinski definition) is 1. The van der Waals surface area contributed by atoms with Gasteiger partial charge in [-0.15, -0.1) is 0 Å². The molecule has 1 saturated heterocycles. The highest BCUT2D eigenvalue weighted by Crippen LogP contribution is 2.21. The lowest BCUT2D eigenvalue weighted by Crippen LogP contribution is -2.46. The average molecular weight is 417 g/mol. The largest absolute Gasteiger partial charge is 0.496 e. The van der Waals surface area contributed by atoms with Crippen LogP contribution in [0.2, 0.25) is 0 Å². The van der Waals surface area contributed by atoms with Crippen molar-refractivity contribution < 1.29 is 9.53 Å². The molecule has 1 amide bonds. The second-order valence-electron chi connectivity index (χ2n) is 7.81. The van der Waals surface area contributed by atoms with E-state index in [1.165, 1.54) is 11.1 Å². The first-order chi connectivity index (χ1) is 15.1. The topological polar surface area (TPSA) is 57.7 Å². The number of pyridine rings is 1. The van der Waals surface area contributed by atoms with E-state index >= 15 is 0 Å². The van der Waals surface area contributed by atoms with Crippen LogP contribution in [0.25, 0.3) is 0 Å². The van der Waals surface area contributed by atoms with Gasteiger partial charge in [0, 0.05) is 32.7 Å². The maximum Gasteiger partial charge on any atom is 0.259 e. The fourth-order valence-electron chi connectivity index (χ4n) is 3.88. The van der Waals surface area contributed by atoms with E-state index in [1.54, 1.807) is 25.4 Å². The Bertz CT molecular complexity index is 1030. The van der Waals surface area contributed by atoms with Gasteiger partial charge in [0.25, 0.3) is 5.91 Å². The van der Waals surface area contributed by atoms with Gasteiger partial charge in [0.2, 0.25) is 0 Å². The van der Waals surface area contributed by atoms with Gasteiger partial charge >= 0.3 is 0 Å². The quantitative estimate of drug-likeness (QED) is 0.659. The second kappa shape index (κ2) is 9.62. The number of carbonyl (C=O) groups excluding carboxylic acids is 1. The molecule has 1 aliphatic heterocycles. The molecule has 0 saturated carbocycles. The minimum Gasteiger partial charge on any atom is -0.496 e. The first-order valence-corrected chi connectivity index (χ1v) is 10.6. The number of amides is 1. The molecule has 0 spiro atoms. The first kappa shape index (κ1) is 20.9. The van der Waals surface area contributed by atoms with E-state index in [2.05, 4.69) is 51.3 Å². The van der Waals surface area contributed by atoms with E-state index in [4.69, 9.17) is 4.74 Å². The van der Waals surface area contributed by atoms with Crippen molar-refractivity contribution in [1.82, 2.24) is 9.88 Å². The van der Waals surface area contributed by atoms with Gasteiger partial charge in [-0.25, -0.2) is 4.98 Å². The van der Waals surface area contributed by atoms with Gasteiger partial charge in [-0.2, -0.15) is 0 Å². The number of hydrogen-bond acceptors (Lipinski definition) is 5. The highest BCUT2D eigenvalue weighted by molar-refractivity contribution is 6.06. The van der Waals surface area contributed by atoms with Crippen LogP contribution >= 0.6 is 0 Å². The summed E-state index contributed by atoms with van der Waals surface area (Å²) in [6.07, 6.45) is 1.71. The Morgan fingerprint density at radius 2 is 1.84 bits per heavy atom. The van der Waals surface area contributed by atoms with E-state index in [0.717, 1.165) is 38.5 Å². The van der Waals surface area contributed by atoms with Gasteiger partial charge in [0.05, 0.1) is 24.6 Å². The van der Waals surface area contributed by atoms with E-state index in [0.29, 0.717) is 17.0 Å². The van der Waals surface area contributed by atoms with Crippen LogP contribution in [-0.2, 0) is 6.54 Å². The number of benzene rings is 2. The first-order valence-electron chi connectivity index (χ1n) is 10.6. The van der Waals surface area contributed by atoms with Crippen molar-refractivity contribution in [3.63, 3.8) is 0 Å². The summed E-state index contributed by atoms with van der Waals surface area (Å²) < 4.78 is 5.27. The zero-order valence-corrected chi connectivity index (χ0v) is 18.0. The van der Waals surface area contributed by atoms with Crippen molar-refractivity contribution in [2.24, 2.45) is 0 Å². The van der Waals surface area contributed by atoms with Gasteiger partial charge < -0.3 is 15.0 Å². The zero-order chi connectivity index (χ0) is 21.6. The molecule has 0 bridgehead atoms. The summed E-state index contributed by atoms with van der Waals surface area (Å²) in [5.41, 5.74) is 3.83. The normalized spacial score (nSPS) is 14.3. The number of aromatic nitrogens is 1. The molecule has 1 aromatic heterocycles. The number of rotatable bonds is 6. The molecule has 1 aliphatic rings. The predicted octanol–water partition coefficient (Wildman–Crippen LogP) is 3.97. The van der Waals surface area contributed by atoms with Gasteiger partial charge in [-0.05, 0) is 36.8 Å². The van der Waals surface area contributed by atoms with Gasteiger partial charge in [-0.1, -0.05) is 42.0 Å². The van der Waals surface area contributed by atoms with Crippen LogP contribution in [0.4, 0.5) is 11.5 Å². The fourth-order valence-corrected chi connectivity index (χ4v) is 3.88. The molecule has 1 N–H and O–H groups in total. The van der Waals surface area contributed by atoms with Crippen molar-refractivity contribution in [3.8, 4) is 5.75 Å². The van der Waals surface area contributed by atoms with Crippen LogP contribution in [0, 0.1) is 6.92 Å². The number of ether oxygens (including phenoxy) is 1. The summed E-state index contributed by atoms with van der Waals surface area (Å²) in [6.45, 7) is 6.99. The Kier molecular flexibility index (Phi) is 6.48. The number of piperazine rings is 1. The van der Waals surface area contributed by atoms with Crippen molar-refractivity contribution in [2.75, 3.05) is 43.5 Å². The van der Waals surface area contributed by atoms with Crippen LogP contribution in [0.5, 0.6) is 5.75 Å². The smallest absolute Gasteiger partial charge is 0.259 e. The molecule has 31 heavy (non-hydrogen) atoms. The number of carbonyl (C=O) groups is 1. The summed E-state index contributed by atoms with van der Waals surface area (Å²) in [5, 5.41) is 2.89. The molecule has 4 rings (SSSR count). The third-order valence-corrected chi connectivity index (χ3v) is 5.54. The molecular formula is C25H28N4O2. The average Bonchev–Trinajstić information content (AvgIpc) is 2.80. The Hall–Kier alpha value is -3.38. The monoisotopic (exact) mass is 416 g/mol. The van der Waals surface area contributed by atoms with Gasteiger partial charge in [0.1, 0.15) is 11.6 Å². The molecule has 3 aromatic rings. The number of anilines is 2. The summed E-state index contributed by atoms with van der Waals surface area (Å²) in [6, 6.07) is 19.7. The molecule has 0 aliphatic carbocycles. The van der Waals surface area contributed by atoms with Crippen LogP contribution in [-0.4, -0.2) is 49.1 Å². The van der Waals surface area contributed by atoms with Gasteiger partial charge in [0.15, 0.2) is 0 Å². The Morgan fingerprint density at radius 1 is 1.03 bits per heavy atom. The van der Waals surface area contributed by atoms with Crippen molar-refractivity contribution >= 4 is 17.4 Å². The minimum absolute atomic E-state index is 0.211. The van der Waals surface area contributed by atoms with Crippen LogP contribution < -0.4 is 15.0 Å². The highest BCUT2D eigenvalue weighted by atomic mass is 16.5. The molecule has 2 aromatic carbocycles. The third kappa shape index (κ3) is 5.22. The van der Waals surface area contributed by atoms with Crippen LogP contribution in [0.1, 0.15) is 21.5 Å². The van der Waals surface area contributed by atoms with Crippen molar-refractivity contribution in [2.45, 2.75) is 13.5 Å². The van der Waals surface area contributed by atoms with E-state index in [9.17, 15) is 4.79 Å². The molecule has 0 unspecified atom stereocenters. The summed E-state index contributed by atoms with van der Waals surface area (Å²) in [4.78, 5) is 21.9. The summed E-state index contributed by atoms with van der Waals surface area (Å²) in [7, 11) is 1.56. The third-order valence-electron chi connectivity index (χ3n) is 5.54. The van der Waals surface area contributed by atoms with E-state index in [-0.39, 0.29) is 5.91 Å². The number of methoxy groups -OCH3 is 1. The lowest BCUT2D eigenvalue weighted by Gasteiger charge is -2.35. The SMILES string of the molecule is COc1ccccc1C(=O)Nc1ccc(N2CCN(Cc3cccc(C)c3)CC2)nc1. The Morgan fingerprint density at radius 3 is 2.55 bits per heavy atom. The summed E-state index contributed by atoms with van der Waals surface area (Å²) >= 11 is 0. The van der Waals surface area contributed by atoms with Gasteiger partial charge in [-0.3, -0.25) is 9.69 Å². The lowest BCUT2D eigenvalue weighted by atomic mass is 10.1. The highest BCUT2D eigenvalue weighted by Gasteiger charge is 2.18. The fraction of sp³-hybridized carbons (Fsp3) is 0.280. The van der Waals surface area contributed by atoms with Crippen molar-refractivity contribution in [1.29, 1.82) is 0 Å². The molecule has 1 fully saturated rings. The maximum absolute atomic E-state index is 12.6. The molecule has 2 heterocycles. The molecular weight excluding hydrogens is 388 g/mol. The van der Waals surface area contributed by atoms with Crippen LogP contribution in [0.15, 0.2) is 66.9 Å². The number of aryl methyl sites for hydroxylation is 1. The van der Waals surface area contributed by atoms with E-state index in [1.807, 2.05) is 24.3 Å². The molecule has 6 nitrogen and oxygen atoms in total. The molecule has 0 atom stereocenters. The molecule has 160 valence electrons. The maximum atomic E-state index is 12.6. The van der Waals surface area contributed by atoms with Crippen molar-refractivity contribution in [3.05, 3.63) is 83.6 Å². The van der Waals surface area contributed by atoms with E-state index < -0.39 is 0 Å². The standard InChI is InChI=1S/C25H28N4O2/c1-19-6-5-7-20(16-19)18-28-12-14-29(15-13-28)24-11-10-21(17-26-24)27-25(30)22-8-3-4-9-23(22)31-2/h3-11,16-17H,12-15,18H2,1-2H3,(H,27,30). The summed E-state index contributed by atoms with van der Waals surface area (Å²) in [5.74, 6) is 1.27. The number of para-hydroxylation sites is 1. The number of nitrogens with zero attached hydrogens (tertiary/aromatic N) is 3. The Labute approximate surface area is 183 Å². The second-order valence-corrected chi connectivity index (χ2v) is 7.81. The molecule has 6 heteroatoms.